The first-order valence-corrected chi connectivity index (χ1v) is 11.5. The van der Waals surface area contributed by atoms with Gasteiger partial charge in [0.2, 0.25) is 15.9 Å². The van der Waals surface area contributed by atoms with Crippen molar-refractivity contribution >= 4 is 15.9 Å². The molecule has 1 unspecified atom stereocenters. The van der Waals surface area contributed by atoms with E-state index in [4.69, 9.17) is 4.74 Å². The molecule has 2 aromatic carbocycles. The summed E-state index contributed by atoms with van der Waals surface area (Å²) in [7, 11) is -1.75. The van der Waals surface area contributed by atoms with Gasteiger partial charge in [0.05, 0.1) is 18.9 Å². The zero-order valence-electron chi connectivity index (χ0n) is 16.9. The van der Waals surface area contributed by atoms with Crippen molar-refractivity contribution < 1.29 is 17.9 Å². The van der Waals surface area contributed by atoms with Crippen LogP contribution in [0.25, 0.3) is 0 Å². The topological polar surface area (TPSA) is 75.7 Å². The van der Waals surface area contributed by atoms with Gasteiger partial charge in [-0.3, -0.25) is 4.79 Å². The Labute approximate surface area is 172 Å². The van der Waals surface area contributed by atoms with Crippen molar-refractivity contribution in [2.24, 2.45) is 5.92 Å². The summed E-state index contributed by atoms with van der Waals surface area (Å²) in [6.45, 7) is 2.70. The summed E-state index contributed by atoms with van der Waals surface area (Å²) in [5.41, 5.74) is 1.78. The van der Waals surface area contributed by atoms with Crippen LogP contribution < -0.4 is 10.1 Å². The maximum Gasteiger partial charge on any atom is 0.223 e. The van der Waals surface area contributed by atoms with Gasteiger partial charge in [-0.05, 0) is 43.0 Å². The summed E-state index contributed by atoms with van der Waals surface area (Å²) in [5, 5.41) is 3.05. The van der Waals surface area contributed by atoms with Crippen molar-refractivity contribution in [2.45, 2.75) is 31.6 Å². The number of benzene rings is 2. The summed E-state index contributed by atoms with van der Waals surface area (Å²) >= 11 is 0. The number of rotatable bonds is 7. The minimum Gasteiger partial charge on any atom is -0.497 e. The van der Waals surface area contributed by atoms with Gasteiger partial charge in [0, 0.05) is 19.0 Å². The smallest absolute Gasteiger partial charge is 0.223 e. The van der Waals surface area contributed by atoms with E-state index in [1.807, 2.05) is 61.5 Å². The molecule has 0 saturated carbocycles. The largest absolute Gasteiger partial charge is 0.497 e. The number of methoxy groups -OCH3 is 1. The van der Waals surface area contributed by atoms with Crippen molar-refractivity contribution in [2.75, 3.05) is 20.2 Å². The number of piperidine rings is 1. The number of hydrogen-bond acceptors (Lipinski definition) is 4. The van der Waals surface area contributed by atoms with Crippen LogP contribution in [-0.2, 0) is 20.6 Å². The average Bonchev–Trinajstić information content (AvgIpc) is 2.74. The van der Waals surface area contributed by atoms with Crippen LogP contribution in [0.1, 0.15) is 36.9 Å². The molecular formula is C22H28N2O4S. The zero-order chi connectivity index (χ0) is 20.9. The third-order valence-electron chi connectivity index (χ3n) is 5.38. The van der Waals surface area contributed by atoms with E-state index in [1.165, 1.54) is 4.31 Å². The maximum atomic E-state index is 12.7. The van der Waals surface area contributed by atoms with Gasteiger partial charge in [0.1, 0.15) is 5.75 Å². The highest BCUT2D eigenvalue weighted by atomic mass is 32.2. The second-order valence-corrected chi connectivity index (χ2v) is 9.39. The third kappa shape index (κ3) is 5.58. The first-order chi connectivity index (χ1) is 13.9. The summed E-state index contributed by atoms with van der Waals surface area (Å²) < 4.78 is 32.0. The Morgan fingerprint density at radius 1 is 1.10 bits per heavy atom. The second-order valence-electron chi connectivity index (χ2n) is 7.42. The van der Waals surface area contributed by atoms with E-state index in [2.05, 4.69) is 5.32 Å². The van der Waals surface area contributed by atoms with Crippen LogP contribution in [0.15, 0.2) is 54.6 Å². The minimum atomic E-state index is -3.37. The third-order valence-corrected chi connectivity index (χ3v) is 7.23. The Hall–Kier alpha value is -2.38. The second kappa shape index (κ2) is 9.41. The van der Waals surface area contributed by atoms with E-state index >= 15 is 0 Å². The van der Waals surface area contributed by atoms with Gasteiger partial charge < -0.3 is 10.1 Å². The molecule has 6 nitrogen and oxygen atoms in total. The Morgan fingerprint density at radius 3 is 2.31 bits per heavy atom. The average molecular weight is 417 g/mol. The Bertz CT molecular complexity index is 906. The number of amides is 1. The van der Waals surface area contributed by atoms with E-state index in [0.29, 0.717) is 25.9 Å². The lowest BCUT2D eigenvalue weighted by atomic mass is 9.96. The zero-order valence-corrected chi connectivity index (χ0v) is 17.7. The Morgan fingerprint density at radius 2 is 1.72 bits per heavy atom. The van der Waals surface area contributed by atoms with E-state index in [0.717, 1.165) is 16.9 Å². The molecule has 7 heteroatoms. The maximum absolute atomic E-state index is 12.7. The molecule has 0 aliphatic carbocycles. The van der Waals surface area contributed by atoms with Gasteiger partial charge in [-0.2, -0.15) is 0 Å². The highest BCUT2D eigenvalue weighted by Gasteiger charge is 2.31. The first-order valence-electron chi connectivity index (χ1n) is 9.85. The van der Waals surface area contributed by atoms with E-state index in [-0.39, 0.29) is 23.6 Å². The Balaban J connectivity index is 1.52. The highest BCUT2D eigenvalue weighted by Crippen LogP contribution is 2.23. The lowest BCUT2D eigenvalue weighted by Crippen LogP contribution is -2.43. The molecule has 1 heterocycles. The van der Waals surface area contributed by atoms with Crippen LogP contribution in [0, 0.1) is 5.92 Å². The number of sulfonamides is 1. The number of nitrogens with zero attached hydrogens (tertiary/aromatic N) is 1. The van der Waals surface area contributed by atoms with Crippen LogP contribution in [0.5, 0.6) is 5.75 Å². The summed E-state index contributed by atoms with van der Waals surface area (Å²) in [5.74, 6) is 0.586. The molecule has 1 aliphatic rings. The van der Waals surface area contributed by atoms with Gasteiger partial charge in [-0.15, -0.1) is 0 Å². The fourth-order valence-electron chi connectivity index (χ4n) is 3.58. The van der Waals surface area contributed by atoms with Gasteiger partial charge in [-0.1, -0.05) is 42.5 Å². The molecule has 1 amide bonds. The minimum absolute atomic E-state index is 0.000787. The number of ether oxygens (including phenoxy) is 1. The summed E-state index contributed by atoms with van der Waals surface area (Å²) in [4.78, 5) is 12.6. The van der Waals surface area contributed by atoms with Crippen LogP contribution in [0.2, 0.25) is 0 Å². The van der Waals surface area contributed by atoms with Gasteiger partial charge in [-0.25, -0.2) is 12.7 Å². The van der Waals surface area contributed by atoms with Crippen LogP contribution in [-0.4, -0.2) is 38.8 Å². The van der Waals surface area contributed by atoms with Crippen LogP contribution in [0.4, 0.5) is 0 Å². The quantitative estimate of drug-likeness (QED) is 0.753. The predicted molar refractivity (Wildman–Crippen MR) is 113 cm³/mol. The van der Waals surface area contributed by atoms with E-state index in [1.54, 1.807) is 7.11 Å². The molecular weight excluding hydrogens is 388 g/mol. The lowest BCUT2D eigenvalue weighted by Gasteiger charge is -2.31. The van der Waals surface area contributed by atoms with Crippen molar-refractivity contribution in [1.29, 1.82) is 0 Å². The van der Waals surface area contributed by atoms with Crippen molar-refractivity contribution in [3.8, 4) is 5.75 Å². The normalized spacial score (nSPS) is 16.9. The summed E-state index contributed by atoms with van der Waals surface area (Å²) in [6, 6.07) is 16.7. The van der Waals surface area contributed by atoms with E-state index in [9.17, 15) is 13.2 Å². The molecule has 156 valence electrons. The summed E-state index contributed by atoms with van der Waals surface area (Å²) in [6.07, 6.45) is 1.07. The standard InChI is InChI=1S/C22H28N2O4S/c1-17(19-8-10-21(28-2)11-9-19)23-22(25)20-12-14-24(15-13-20)29(26,27)16-18-6-4-3-5-7-18/h3-11,17,20H,12-16H2,1-2H3,(H,23,25). The molecule has 1 atom stereocenters. The van der Waals surface area contributed by atoms with E-state index < -0.39 is 10.0 Å². The fourth-order valence-corrected chi connectivity index (χ4v) is 5.14. The molecule has 1 saturated heterocycles. The molecule has 1 aliphatic heterocycles. The molecule has 0 spiro atoms. The van der Waals surface area contributed by atoms with Crippen molar-refractivity contribution in [3.05, 3.63) is 65.7 Å². The van der Waals surface area contributed by atoms with Crippen molar-refractivity contribution in [1.82, 2.24) is 9.62 Å². The molecule has 1 fully saturated rings. The molecule has 1 N–H and O–H groups in total. The number of carbonyl (C=O) groups is 1. The molecule has 0 bridgehead atoms. The van der Waals surface area contributed by atoms with Crippen LogP contribution in [0.3, 0.4) is 0 Å². The SMILES string of the molecule is COc1ccc(C(C)NC(=O)C2CCN(S(=O)(=O)Cc3ccccc3)CC2)cc1. The molecule has 0 radical (unpaired) electrons. The van der Waals surface area contributed by atoms with Gasteiger partial charge in [0.15, 0.2) is 0 Å². The lowest BCUT2D eigenvalue weighted by molar-refractivity contribution is -0.126. The van der Waals surface area contributed by atoms with Crippen molar-refractivity contribution in [3.63, 3.8) is 0 Å². The predicted octanol–water partition coefficient (Wildman–Crippen LogP) is 3.11. The van der Waals surface area contributed by atoms with Gasteiger partial charge >= 0.3 is 0 Å². The van der Waals surface area contributed by atoms with Gasteiger partial charge in [0.25, 0.3) is 0 Å². The highest BCUT2D eigenvalue weighted by molar-refractivity contribution is 7.88. The fraction of sp³-hybridized carbons (Fsp3) is 0.409. The monoisotopic (exact) mass is 416 g/mol. The molecule has 3 rings (SSSR count). The molecule has 2 aromatic rings. The molecule has 29 heavy (non-hydrogen) atoms. The number of hydrogen-bond donors (Lipinski definition) is 1. The number of carbonyl (C=O) groups excluding carboxylic acids is 1. The first kappa shape index (κ1) is 21.3. The number of nitrogens with one attached hydrogen (secondary N) is 1. The Kier molecular flexibility index (Phi) is 6.92. The van der Waals surface area contributed by atoms with Crippen LogP contribution >= 0.6 is 0 Å². The molecule has 0 aromatic heterocycles.